The van der Waals surface area contributed by atoms with Gasteiger partial charge in [-0.15, -0.1) is 0 Å². The van der Waals surface area contributed by atoms with Crippen LogP contribution >= 0.6 is 0 Å². The third-order valence-electron chi connectivity index (χ3n) is 2.74. The van der Waals surface area contributed by atoms with E-state index in [-0.39, 0.29) is 17.1 Å². The van der Waals surface area contributed by atoms with Crippen molar-refractivity contribution >= 4 is 17.4 Å². The molecule has 2 heterocycles. The summed E-state index contributed by atoms with van der Waals surface area (Å²) in [5.41, 5.74) is -0.0543. The van der Waals surface area contributed by atoms with Crippen molar-refractivity contribution in [1.82, 2.24) is 24.9 Å². The van der Waals surface area contributed by atoms with Gasteiger partial charge in [0.1, 0.15) is 11.6 Å². The van der Waals surface area contributed by atoms with Crippen LogP contribution in [-0.4, -0.2) is 37.6 Å². The third-order valence-corrected chi connectivity index (χ3v) is 2.74. The molecule has 2 aromatic rings. The molecule has 0 aliphatic heterocycles. The van der Waals surface area contributed by atoms with Gasteiger partial charge in [0.05, 0.1) is 0 Å². The van der Waals surface area contributed by atoms with Gasteiger partial charge in [-0.3, -0.25) is 4.79 Å². The number of amides is 1. The fourth-order valence-electron chi connectivity index (χ4n) is 1.97. The lowest BCUT2D eigenvalue weighted by molar-refractivity contribution is -0.122. The Kier molecular flexibility index (Phi) is 3.97. The van der Waals surface area contributed by atoms with E-state index in [2.05, 4.69) is 25.8 Å². The van der Waals surface area contributed by atoms with Crippen molar-refractivity contribution in [3.05, 3.63) is 22.4 Å². The van der Waals surface area contributed by atoms with E-state index in [1.54, 1.807) is 13.0 Å². The molecule has 0 fully saturated rings. The number of rotatable bonds is 4. The van der Waals surface area contributed by atoms with Gasteiger partial charge in [-0.25, -0.2) is 19.3 Å². The molecule has 0 spiro atoms. The fourth-order valence-corrected chi connectivity index (χ4v) is 1.97. The highest BCUT2D eigenvalue weighted by atomic mass is 16.2. The molecule has 21 heavy (non-hydrogen) atoms. The Bertz CT molecular complexity index is 710. The number of anilines is 1. The maximum atomic E-state index is 11.7. The first-order valence-electron chi connectivity index (χ1n) is 6.76. The molecule has 114 valence electrons. The minimum Gasteiger partial charge on any atom is -0.369 e. The first-order valence-corrected chi connectivity index (χ1v) is 6.76. The summed E-state index contributed by atoms with van der Waals surface area (Å²) in [6.45, 7) is 7.99. The normalized spacial score (nSPS) is 11.6. The van der Waals surface area contributed by atoms with E-state index in [4.69, 9.17) is 0 Å². The Morgan fingerprint density at radius 2 is 2.14 bits per heavy atom. The summed E-state index contributed by atoms with van der Waals surface area (Å²) in [7, 11) is 0. The highest BCUT2D eigenvalue weighted by Gasteiger charge is 2.13. The molecule has 0 saturated carbocycles. The second kappa shape index (κ2) is 5.55. The molecule has 0 radical (unpaired) electrons. The van der Waals surface area contributed by atoms with E-state index < -0.39 is 0 Å². The molecule has 0 saturated heterocycles. The molecule has 0 atom stereocenters. The fraction of sp³-hybridized carbons (Fsp3) is 0.538. The van der Waals surface area contributed by atoms with E-state index in [9.17, 15) is 9.59 Å². The molecular weight excluding hydrogens is 272 g/mol. The zero-order chi connectivity index (χ0) is 15.6. The maximum Gasteiger partial charge on any atom is 0.349 e. The van der Waals surface area contributed by atoms with E-state index in [0.717, 1.165) is 0 Å². The number of fused-ring (bicyclic) bond motifs is 1. The van der Waals surface area contributed by atoms with Gasteiger partial charge in [0, 0.05) is 24.6 Å². The van der Waals surface area contributed by atoms with Crippen LogP contribution in [0.15, 0.2) is 10.9 Å². The summed E-state index contributed by atoms with van der Waals surface area (Å²) >= 11 is 0. The largest absolute Gasteiger partial charge is 0.369 e. The molecule has 0 unspecified atom stereocenters. The lowest BCUT2D eigenvalue weighted by Crippen LogP contribution is -2.41. The predicted octanol–water partition coefficient (Wildman–Crippen LogP) is 0.443. The highest BCUT2D eigenvalue weighted by Crippen LogP contribution is 2.08. The third kappa shape index (κ3) is 3.80. The Labute approximate surface area is 122 Å². The van der Waals surface area contributed by atoms with Gasteiger partial charge in [-0.2, -0.15) is 5.10 Å². The molecule has 2 aromatic heterocycles. The lowest BCUT2D eigenvalue weighted by atomic mass is 10.1. The molecule has 8 heteroatoms. The van der Waals surface area contributed by atoms with Crippen LogP contribution < -0.4 is 16.3 Å². The van der Waals surface area contributed by atoms with Crippen molar-refractivity contribution < 1.29 is 4.79 Å². The zero-order valence-corrected chi connectivity index (χ0v) is 12.6. The highest BCUT2D eigenvalue weighted by molar-refractivity contribution is 5.77. The topological polar surface area (TPSA) is 104 Å². The van der Waals surface area contributed by atoms with Gasteiger partial charge < -0.3 is 10.6 Å². The standard InChI is InChI=1S/C13H20N6O2/c1-8-15-9(7-10-17-18-12(21)19(8)10)14-6-5-11(20)16-13(2,3)4/h7,14H,5-6H2,1-4H3,(H,16,20)(H,18,21). The lowest BCUT2D eigenvalue weighted by Gasteiger charge is -2.20. The zero-order valence-electron chi connectivity index (χ0n) is 12.6. The second-order valence-electron chi connectivity index (χ2n) is 5.89. The predicted molar refractivity (Wildman–Crippen MR) is 79.3 cm³/mol. The van der Waals surface area contributed by atoms with Crippen molar-refractivity contribution in [2.75, 3.05) is 11.9 Å². The number of aromatic nitrogens is 4. The monoisotopic (exact) mass is 292 g/mol. The van der Waals surface area contributed by atoms with Gasteiger partial charge in [0.2, 0.25) is 5.91 Å². The number of aryl methyl sites for hydroxylation is 1. The number of carbonyl (C=O) groups is 1. The van der Waals surface area contributed by atoms with E-state index in [1.807, 2.05) is 20.8 Å². The van der Waals surface area contributed by atoms with Crippen LogP contribution in [0, 0.1) is 6.92 Å². The summed E-state index contributed by atoms with van der Waals surface area (Å²) < 4.78 is 1.39. The van der Waals surface area contributed by atoms with Crippen LogP contribution in [0.25, 0.3) is 5.65 Å². The number of nitrogens with zero attached hydrogens (tertiary/aromatic N) is 3. The van der Waals surface area contributed by atoms with Crippen LogP contribution in [0.1, 0.15) is 33.0 Å². The number of carbonyl (C=O) groups excluding carboxylic acids is 1. The molecule has 2 rings (SSSR count). The Hall–Kier alpha value is -2.38. The van der Waals surface area contributed by atoms with Crippen LogP contribution in [0.3, 0.4) is 0 Å². The van der Waals surface area contributed by atoms with Crippen LogP contribution in [0.4, 0.5) is 5.82 Å². The smallest absolute Gasteiger partial charge is 0.349 e. The minimum absolute atomic E-state index is 0.0243. The van der Waals surface area contributed by atoms with Crippen molar-refractivity contribution in [1.29, 1.82) is 0 Å². The van der Waals surface area contributed by atoms with Crippen molar-refractivity contribution in [2.24, 2.45) is 0 Å². The summed E-state index contributed by atoms with van der Waals surface area (Å²) in [6.07, 6.45) is 0.344. The number of nitrogens with one attached hydrogen (secondary N) is 3. The van der Waals surface area contributed by atoms with Gasteiger partial charge in [-0.1, -0.05) is 0 Å². The van der Waals surface area contributed by atoms with E-state index >= 15 is 0 Å². The molecule has 8 nitrogen and oxygen atoms in total. The van der Waals surface area contributed by atoms with Gasteiger partial charge >= 0.3 is 5.69 Å². The van der Waals surface area contributed by atoms with E-state index in [1.165, 1.54) is 4.40 Å². The van der Waals surface area contributed by atoms with Crippen LogP contribution in [-0.2, 0) is 4.79 Å². The quantitative estimate of drug-likeness (QED) is 0.758. The average molecular weight is 292 g/mol. The minimum atomic E-state index is -0.314. The number of hydrogen-bond donors (Lipinski definition) is 3. The SMILES string of the molecule is Cc1nc(NCCC(=O)NC(C)(C)C)cc2n[nH]c(=O)n12. The molecule has 0 bridgehead atoms. The Balaban J connectivity index is 1.98. The Morgan fingerprint density at radius 3 is 2.81 bits per heavy atom. The molecule has 3 N–H and O–H groups in total. The summed E-state index contributed by atoms with van der Waals surface area (Å²) in [5.74, 6) is 1.10. The van der Waals surface area contributed by atoms with Crippen molar-refractivity contribution in [3.63, 3.8) is 0 Å². The second-order valence-corrected chi connectivity index (χ2v) is 5.89. The van der Waals surface area contributed by atoms with Crippen LogP contribution in [0.2, 0.25) is 0 Å². The summed E-state index contributed by atoms with van der Waals surface area (Å²) in [4.78, 5) is 27.4. The number of hydrogen-bond acceptors (Lipinski definition) is 5. The van der Waals surface area contributed by atoms with Crippen molar-refractivity contribution in [3.8, 4) is 0 Å². The molecule has 0 aromatic carbocycles. The molecule has 0 aliphatic carbocycles. The first-order chi connectivity index (χ1) is 9.76. The first kappa shape index (κ1) is 15.0. The Morgan fingerprint density at radius 1 is 1.43 bits per heavy atom. The maximum absolute atomic E-state index is 11.7. The molecule has 0 aliphatic rings. The average Bonchev–Trinajstić information content (AvgIpc) is 2.69. The van der Waals surface area contributed by atoms with Gasteiger partial charge in [-0.05, 0) is 27.7 Å². The van der Waals surface area contributed by atoms with Gasteiger partial charge in [0.15, 0.2) is 5.65 Å². The molecule has 1 amide bonds. The van der Waals surface area contributed by atoms with Gasteiger partial charge in [0.25, 0.3) is 0 Å². The molecular formula is C13H20N6O2. The van der Waals surface area contributed by atoms with E-state index in [0.29, 0.717) is 30.3 Å². The number of aromatic amines is 1. The summed E-state index contributed by atoms with van der Waals surface area (Å²) in [5, 5.41) is 12.2. The van der Waals surface area contributed by atoms with Crippen LogP contribution in [0.5, 0.6) is 0 Å². The summed E-state index contributed by atoms with van der Waals surface area (Å²) in [6, 6.07) is 1.66. The number of H-pyrrole nitrogens is 1. The van der Waals surface area contributed by atoms with Crippen molar-refractivity contribution in [2.45, 2.75) is 39.7 Å².